The topological polar surface area (TPSA) is 87.8 Å². The van der Waals surface area contributed by atoms with Crippen LogP contribution in [0.5, 0.6) is 0 Å². The summed E-state index contributed by atoms with van der Waals surface area (Å²) in [6, 6.07) is 7.79. The molecule has 1 aromatic carbocycles. The molecule has 1 fully saturated rings. The summed E-state index contributed by atoms with van der Waals surface area (Å²) in [4.78, 5) is 4.22. The van der Waals surface area contributed by atoms with Crippen molar-refractivity contribution >= 4 is 20.9 Å². The van der Waals surface area contributed by atoms with Crippen molar-refractivity contribution in [3.05, 3.63) is 47.8 Å². The number of benzene rings is 1. The number of nitrogens with zero attached hydrogens (tertiary/aromatic N) is 3. The van der Waals surface area contributed by atoms with Gasteiger partial charge in [0.05, 0.1) is 27.9 Å². The fourth-order valence-electron chi connectivity index (χ4n) is 4.03. The van der Waals surface area contributed by atoms with Crippen LogP contribution in [0.1, 0.15) is 50.4 Å². The van der Waals surface area contributed by atoms with Gasteiger partial charge < -0.3 is 4.57 Å². The molecule has 0 spiro atoms. The first-order valence-electron chi connectivity index (χ1n) is 10.7. The van der Waals surface area contributed by atoms with E-state index in [1.165, 1.54) is 24.3 Å². The predicted molar refractivity (Wildman–Crippen MR) is 118 cm³/mol. The second kappa shape index (κ2) is 8.47. The average Bonchev–Trinajstić information content (AvgIpc) is 3.04. The Kier molecular flexibility index (Phi) is 5.97. The third-order valence-electron chi connectivity index (χ3n) is 6.12. The molecule has 3 aromatic rings. The van der Waals surface area contributed by atoms with E-state index in [1.54, 1.807) is 10.9 Å². The van der Waals surface area contributed by atoms with Crippen molar-refractivity contribution in [3.8, 4) is 17.3 Å². The van der Waals surface area contributed by atoms with Crippen LogP contribution < -0.4 is 4.72 Å². The highest BCUT2D eigenvalue weighted by Crippen LogP contribution is 2.42. The van der Waals surface area contributed by atoms with Gasteiger partial charge in [-0.25, -0.2) is 8.42 Å². The summed E-state index contributed by atoms with van der Waals surface area (Å²) >= 11 is 0. The molecule has 10 heteroatoms. The van der Waals surface area contributed by atoms with Crippen molar-refractivity contribution in [2.24, 2.45) is 0 Å². The zero-order valence-electron chi connectivity index (χ0n) is 18.1. The van der Waals surface area contributed by atoms with Crippen LogP contribution in [0, 0.1) is 11.3 Å². The van der Waals surface area contributed by atoms with Crippen LogP contribution in [-0.4, -0.2) is 30.2 Å². The number of halogens is 3. The molecule has 0 radical (unpaired) electrons. The zero-order chi connectivity index (χ0) is 24.0. The predicted octanol–water partition coefficient (Wildman–Crippen LogP) is 5.09. The van der Waals surface area contributed by atoms with Crippen molar-refractivity contribution < 1.29 is 21.6 Å². The highest BCUT2D eigenvalue weighted by Gasteiger charge is 2.39. The molecule has 0 bridgehead atoms. The number of nitriles is 1. The lowest BCUT2D eigenvalue weighted by molar-refractivity contribution is -0.147. The minimum Gasteiger partial charge on any atom is -0.335 e. The summed E-state index contributed by atoms with van der Waals surface area (Å²) < 4.78 is 67.0. The highest BCUT2D eigenvalue weighted by atomic mass is 32.2. The normalized spacial score (nSPS) is 15.9. The molecule has 1 atom stereocenters. The Labute approximate surface area is 190 Å². The Morgan fingerprint density at radius 3 is 2.45 bits per heavy atom. The molecule has 0 aliphatic heterocycles. The van der Waals surface area contributed by atoms with Crippen LogP contribution in [0.2, 0.25) is 0 Å². The number of hydrogen-bond acceptors (Lipinski definition) is 4. The lowest BCUT2D eigenvalue weighted by Crippen LogP contribution is -2.42. The van der Waals surface area contributed by atoms with Gasteiger partial charge in [0.25, 0.3) is 0 Å². The number of pyridine rings is 1. The van der Waals surface area contributed by atoms with E-state index in [-0.39, 0.29) is 10.9 Å². The molecule has 33 heavy (non-hydrogen) atoms. The molecule has 0 unspecified atom stereocenters. The van der Waals surface area contributed by atoms with Gasteiger partial charge in [0, 0.05) is 17.1 Å². The Morgan fingerprint density at radius 2 is 1.94 bits per heavy atom. The zero-order valence-corrected chi connectivity index (χ0v) is 19.0. The minimum atomic E-state index is -4.69. The number of alkyl halides is 3. The smallest absolute Gasteiger partial charge is 0.335 e. The molecule has 6 nitrogen and oxygen atoms in total. The van der Waals surface area contributed by atoms with Crippen LogP contribution in [0.3, 0.4) is 0 Å². The number of nitrogens with one attached hydrogen (secondary N) is 1. The van der Waals surface area contributed by atoms with Gasteiger partial charge in [-0.2, -0.15) is 23.2 Å². The number of aryl methyl sites for hydroxylation is 1. The van der Waals surface area contributed by atoms with Crippen LogP contribution in [-0.2, 0) is 16.4 Å². The van der Waals surface area contributed by atoms with E-state index >= 15 is 0 Å². The molecule has 1 N–H and O–H groups in total. The summed E-state index contributed by atoms with van der Waals surface area (Å²) in [7, 11) is -4.36. The molecule has 174 valence electrons. The number of aromatic nitrogens is 2. The monoisotopic (exact) mass is 476 g/mol. The SMILES string of the molecule is CCc1cc2c(C#N)c(-c3ccc(S(=O)(=O)N[C@@H](C)C(F)(F)F)cc3)n(C3CCC3)c2cn1. The molecular formula is C23H23F3N4O2S. The van der Waals surface area contributed by atoms with Gasteiger partial charge in [-0.3, -0.25) is 4.98 Å². The Balaban J connectivity index is 1.80. The van der Waals surface area contributed by atoms with Crippen molar-refractivity contribution in [1.29, 1.82) is 5.26 Å². The molecule has 2 aromatic heterocycles. The van der Waals surface area contributed by atoms with E-state index in [1.807, 2.05) is 13.0 Å². The highest BCUT2D eigenvalue weighted by molar-refractivity contribution is 7.89. The Hall–Kier alpha value is -2.90. The largest absolute Gasteiger partial charge is 0.404 e. The minimum absolute atomic E-state index is 0.205. The van der Waals surface area contributed by atoms with Crippen LogP contribution in [0.25, 0.3) is 22.2 Å². The second-order valence-electron chi connectivity index (χ2n) is 8.25. The number of fused-ring (bicyclic) bond motifs is 1. The quantitative estimate of drug-likeness (QED) is 0.537. The van der Waals surface area contributed by atoms with E-state index < -0.39 is 22.2 Å². The molecular weight excluding hydrogens is 453 g/mol. The maximum Gasteiger partial charge on any atom is 0.404 e. The van der Waals surface area contributed by atoms with Crippen molar-refractivity contribution in [2.45, 2.75) is 62.7 Å². The fraction of sp³-hybridized carbons (Fsp3) is 0.391. The molecule has 1 saturated carbocycles. The molecule has 1 aliphatic rings. The fourth-order valence-corrected chi connectivity index (χ4v) is 5.26. The third kappa shape index (κ3) is 4.23. The average molecular weight is 477 g/mol. The second-order valence-corrected chi connectivity index (χ2v) is 9.96. The van der Waals surface area contributed by atoms with Crippen LogP contribution >= 0.6 is 0 Å². The third-order valence-corrected chi connectivity index (χ3v) is 7.68. The van der Waals surface area contributed by atoms with E-state index in [2.05, 4.69) is 15.6 Å². The molecule has 2 heterocycles. The van der Waals surface area contributed by atoms with Crippen LogP contribution in [0.4, 0.5) is 13.2 Å². The van der Waals surface area contributed by atoms with E-state index in [0.29, 0.717) is 16.8 Å². The summed E-state index contributed by atoms with van der Waals surface area (Å²) in [6.07, 6.45) is 0.806. The van der Waals surface area contributed by atoms with Crippen LogP contribution in [0.15, 0.2) is 41.4 Å². The van der Waals surface area contributed by atoms with Gasteiger partial charge >= 0.3 is 6.18 Å². The molecule has 4 rings (SSSR count). The Bertz CT molecular complexity index is 1340. The first kappa shape index (κ1) is 23.3. The standard InChI is InChI=1S/C23H23F3N4O2S/c1-3-16-11-19-20(12-27)22(30(17-5-4-6-17)21(19)13-28-16)15-7-9-18(10-8-15)33(31,32)29-14(2)23(24,25)26/h7-11,13-14,17,29H,3-6H2,1-2H3/t14-/m0/s1. The van der Waals surface area contributed by atoms with Crippen molar-refractivity contribution in [3.63, 3.8) is 0 Å². The maximum absolute atomic E-state index is 12.8. The van der Waals surface area contributed by atoms with Crippen molar-refractivity contribution in [1.82, 2.24) is 14.3 Å². The van der Waals surface area contributed by atoms with Gasteiger partial charge in [0.1, 0.15) is 12.1 Å². The summed E-state index contributed by atoms with van der Waals surface area (Å²) in [5.41, 5.74) is 3.49. The summed E-state index contributed by atoms with van der Waals surface area (Å²) in [5, 5.41) is 10.8. The van der Waals surface area contributed by atoms with Crippen molar-refractivity contribution in [2.75, 3.05) is 0 Å². The lowest BCUT2D eigenvalue weighted by Gasteiger charge is -2.30. The molecule has 0 saturated heterocycles. The van der Waals surface area contributed by atoms with Gasteiger partial charge in [0.2, 0.25) is 10.0 Å². The summed E-state index contributed by atoms with van der Waals surface area (Å²) in [5.74, 6) is 0. The lowest BCUT2D eigenvalue weighted by atomic mass is 9.92. The van der Waals surface area contributed by atoms with E-state index in [9.17, 15) is 26.9 Å². The van der Waals surface area contributed by atoms with Gasteiger partial charge in [-0.15, -0.1) is 0 Å². The molecule has 1 aliphatic carbocycles. The van der Waals surface area contributed by atoms with Gasteiger partial charge in [-0.05, 0) is 56.4 Å². The molecule has 0 amide bonds. The first-order valence-corrected chi connectivity index (χ1v) is 12.2. The number of rotatable bonds is 6. The van der Waals surface area contributed by atoms with Gasteiger partial charge in [-0.1, -0.05) is 19.1 Å². The maximum atomic E-state index is 12.8. The first-order chi connectivity index (χ1) is 15.6. The number of sulfonamides is 1. The summed E-state index contributed by atoms with van der Waals surface area (Å²) in [6.45, 7) is 2.73. The Morgan fingerprint density at radius 1 is 1.27 bits per heavy atom. The van der Waals surface area contributed by atoms with E-state index in [0.717, 1.165) is 49.2 Å². The van der Waals surface area contributed by atoms with E-state index in [4.69, 9.17) is 0 Å². The van der Waals surface area contributed by atoms with Gasteiger partial charge in [0.15, 0.2) is 0 Å². The number of hydrogen-bond donors (Lipinski definition) is 1.